The normalized spacial score (nSPS) is 30.7. The number of nitrogens with one attached hydrogen (secondary N) is 1. The van der Waals surface area contributed by atoms with Crippen molar-refractivity contribution in [1.82, 2.24) is 5.32 Å². The molecule has 114 valence electrons. The second kappa shape index (κ2) is 5.75. The lowest BCUT2D eigenvalue weighted by Gasteiger charge is -2.32. The first-order chi connectivity index (χ1) is 10.1. The minimum Gasteiger partial charge on any atom is -0.390 e. The van der Waals surface area contributed by atoms with Crippen LogP contribution in [0.2, 0.25) is 0 Å². The fraction of sp³-hybridized carbons (Fsp3) is 0.562. The Labute approximate surface area is 123 Å². The van der Waals surface area contributed by atoms with Gasteiger partial charge in [0.1, 0.15) is 6.10 Å². The van der Waals surface area contributed by atoms with Crippen molar-refractivity contribution in [1.29, 1.82) is 0 Å². The van der Waals surface area contributed by atoms with Crippen LogP contribution in [0, 0.1) is 5.92 Å². The van der Waals surface area contributed by atoms with Crippen molar-refractivity contribution < 1.29 is 19.7 Å². The average molecular weight is 291 g/mol. The molecule has 0 bridgehead atoms. The molecule has 0 unspecified atom stereocenters. The molecule has 21 heavy (non-hydrogen) atoms. The highest BCUT2D eigenvalue weighted by molar-refractivity contribution is 5.91. The maximum atomic E-state index is 12.5. The molecule has 1 heterocycles. The van der Waals surface area contributed by atoms with Crippen molar-refractivity contribution in [2.75, 3.05) is 19.8 Å². The molecule has 5 heteroatoms. The van der Waals surface area contributed by atoms with Crippen LogP contribution in [-0.4, -0.2) is 48.1 Å². The quantitative estimate of drug-likeness (QED) is 0.740. The van der Waals surface area contributed by atoms with Crippen LogP contribution < -0.4 is 5.32 Å². The summed E-state index contributed by atoms with van der Waals surface area (Å²) in [5, 5.41) is 22.4. The Bertz CT molecular complexity index is 500. The van der Waals surface area contributed by atoms with Gasteiger partial charge in [-0.1, -0.05) is 30.3 Å². The minimum atomic E-state index is -0.871. The lowest BCUT2D eigenvalue weighted by Crippen LogP contribution is -2.49. The molecule has 1 aliphatic carbocycles. The highest BCUT2D eigenvalue weighted by Gasteiger charge is 2.51. The van der Waals surface area contributed by atoms with E-state index in [0.717, 1.165) is 18.4 Å². The van der Waals surface area contributed by atoms with E-state index in [0.29, 0.717) is 13.2 Å². The van der Waals surface area contributed by atoms with Crippen molar-refractivity contribution in [2.45, 2.75) is 30.5 Å². The summed E-state index contributed by atoms with van der Waals surface area (Å²) in [5.41, 5.74) is 0.642. The Kier molecular flexibility index (Phi) is 3.97. The van der Waals surface area contributed by atoms with E-state index in [-0.39, 0.29) is 18.4 Å². The molecule has 3 rings (SSSR count). The molecule has 0 spiro atoms. The molecule has 1 amide bonds. The molecule has 1 saturated carbocycles. The zero-order valence-electron chi connectivity index (χ0n) is 11.9. The van der Waals surface area contributed by atoms with Gasteiger partial charge in [-0.05, 0) is 18.4 Å². The van der Waals surface area contributed by atoms with Gasteiger partial charge in [0, 0.05) is 12.5 Å². The van der Waals surface area contributed by atoms with Gasteiger partial charge in [-0.2, -0.15) is 0 Å². The maximum Gasteiger partial charge on any atom is 0.230 e. The highest BCUT2D eigenvalue weighted by Crippen LogP contribution is 2.48. The molecule has 2 fully saturated rings. The first-order valence-corrected chi connectivity index (χ1v) is 7.41. The molecular weight excluding hydrogens is 270 g/mol. The van der Waals surface area contributed by atoms with Gasteiger partial charge in [0.2, 0.25) is 5.91 Å². The summed E-state index contributed by atoms with van der Waals surface area (Å²) < 4.78 is 5.22. The summed E-state index contributed by atoms with van der Waals surface area (Å²) in [5.74, 6) is -0.259. The van der Waals surface area contributed by atoms with E-state index < -0.39 is 17.6 Å². The van der Waals surface area contributed by atoms with Crippen LogP contribution in [0.1, 0.15) is 18.4 Å². The molecule has 3 N–H and O–H groups in total. The monoisotopic (exact) mass is 291 g/mol. The van der Waals surface area contributed by atoms with Crippen LogP contribution >= 0.6 is 0 Å². The third-order valence-corrected chi connectivity index (χ3v) is 4.53. The number of carbonyl (C=O) groups is 1. The fourth-order valence-electron chi connectivity index (χ4n) is 2.95. The largest absolute Gasteiger partial charge is 0.390 e. The van der Waals surface area contributed by atoms with Crippen molar-refractivity contribution in [3.05, 3.63) is 35.9 Å². The predicted octanol–water partition coefficient (Wildman–Crippen LogP) is 0.203. The fourth-order valence-corrected chi connectivity index (χ4v) is 2.95. The van der Waals surface area contributed by atoms with Crippen LogP contribution in [0.5, 0.6) is 0 Å². The number of benzene rings is 1. The highest BCUT2D eigenvalue weighted by atomic mass is 16.5. The smallest absolute Gasteiger partial charge is 0.230 e. The van der Waals surface area contributed by atoms with Gasteiger partial charge in [0.05, 0.1) is 24.7 Å². The Hall–Kier alpha value is -1.43. The van der Waals surface area contributed by atoms with Crippen LogP contribution in [-0.2, 0) is 14.9 Å². The van der Waals surface area contributed by atoms with Gasteiger partial charge in [-0.15, -0.1) is 0 Å². The SMILES string of the molecule is O=C(NC[C@@H]1COC[C@@H](O)[C@H]1O)C1(c2ccccc2)CC1. The van der Waals surface area contributed by atoms with E-state index in [2.05, 4.69) is 5.32 Å². The van der Waals surface area contributed by atoms with Crippen molar-refractivity contribution in [2.24, 2.45) is 5.92 Å². The van der Waals surface area contributed by atoms with Gasteiger partial charge in [-0.25, -0.2) is 0 Å². The zero-order valence-corrected chi connectivity index (χ0v) is 11.9. The van der Waals surface area contributed by atoms with Crippen molar-refractivity contribution >= 4 is 5.91 Å². The standard InChI is InChI=1S/C16H21NO4/c18-13-10-21-9-11(14(13)19)8-17-15(20)16(6-7-16)12-4-2-1-3-5-12/h1-5,11,13-14,18-19H,6-10H2,(H,17,20)/t11-,13-,14+/m1/s1. The Balaban J connectivity index is 1.60. The van der Waals surface area contributed by atoms with Crippen LogP contribution in [0.15, 0.2) is 30.3 Å². The molecule has 1 aromatic carbocycles. The number of ether oxygens (including phenoxy) is 1. The summed E-state index contributed by atoms with van der Waals surface area (Å²) in [6.07, 6.45) is 0.000265. The van der Waals surface area contributed by atoms with Gasteiger partial charge in [-0.3, -0.25) is 4.79 Å². The molecule has 0 radical (unpaired) electrons. The summed E-state index contributed by atoms with van der Waals surface area (Å²) in [7, 11) is 0. The van der Waals surface area contributed by atoms with E-state index in [4.69, 9.17) is 4.74 Å². The summed E-state index contributed by atoms with van der Waals surface area (Å²) in [4.78, 5) is 12.5. The first-order valence-electron chi connectivity index (χ1n) is 7.41. The number of hydrogen-bond donors (Lipinski definition) is 3. The van der Waals surface area contributed by atoms with Crippen molar-refractivity contribution in [3.8, 4) is 0 Å². The molecule has 5 nitrogen and oxygen atoms in total. The lowest BCUT2D eigenvalue weighted by molar-refractivity contribution is -0.129. The molecule has 1 aliphatic heterocycles. The van der Waals surface area contributed by atoms with E-state index >= 15 is 0 Å². The zero-order chi connectivity index (χ0) is 14.9. The van der Waals surface area contributed by atoms with Crippen LogP contribution in [0.3, 0.4) is 0 Å². The van der Waals surface area contributed by atoms with Crippen molar-refractivity contribution in [3.63, 3.8) is 0 Å². The van der Waals surface area contributed by atoms with Crippen LogP contribution in [0.4, 0.5) is 0 Å². The van der Waals surface area contributed by atoms with E-state index in [1.807, 2.05) is 30.3 Å². The number of carbonyl (C=O) groups excluding carboxylic acids is 1. The van der Waals surface area contributed by atoms with Crippen LogP contribution in [0.25, 0.3) is 0 Å². The molecule has 1 aromatic rings. The number of rotatable bonds is 4. The molecule has 0 aromatic heterocycles. The second-order valence-electron chi connectivity index (χ2n) is 6.01. The first kappa shape index (κ1) is 14.5. The number of aliphatic hydroxyl groups is 2. The maximum absolute atomic E-state index is 12.5. The third-order valence-electron chi connectivity index (χ3n) is 4.53. The third kappa shape index (κ3) is 2.81. The molecule has 2 aliphatic rings. The van der Waals surface area contributed by atoms with Gasteiger partial charge >= 0.3 is 0 Å². The molecule has 3 atom stereocenters. The summed E-state index contributed by atoms with van der Waals surface area (Å²) >= 11 is 0. The Morgan fingerprint density at radius 3 is 2.62 bits per heavy atom. The van der Waals surface area contributed by atoms with Gasteiger partial charge < -0.3 is 20.3 Å². The van der Waals surface area contributed by atoms with E-state index in [1.165, 1.54) is 0 Å². The number of aliphatic hydroxyl groups excluding tert-OH is 2. The lowest BCUT2D eigenvalue weighted by atomic mass is 9.93. The van der Waals surface area contributed by atoms with Gasteiger partial charge in [0.25, 0.3) is 0 Å². The number of hydrogen-bond acceptors (Lipinski definition) is 4. The number of amides is 1. The molecular formula is C16H21NO4. The van der Waals surface area contributed by atoms with E-state index in [9.17, 15) is 15.0 Å². The second-order valence-corrected chi connectivity index (χ2v) is 6.01. The van der Waals surface area contributed by atoms with E-state index in [1.54, 1.807) is 0 Å². The topological polar surface area (TPSA) is 78.8 Å². The predicted molar refractivity (Wildman–Crippen MR) is 76.7 cm³/mol. The Morgan fingerprint density at radius 2 is 1.95 bits per heavy atom. The molecule has 1 saturated heterocycles. The van der Waals surface area contributed by atoms with Gasteiger partial charge in [0.15, 0.2) is 0 Å². The summed E-state index contributed by atoms with van der Waals surface area (Å²) in [6.45, 7) is 0.835. The summed E-state index contributed by atoms with van der Waals surface area (Å²) in [6, 6.07) is 9.79. The minimum absolute atomic E-state index is 0.000892. The average Bonchev–Trinajstić information content (AvgIpc) is 3.31. The Morgan fingerprint density at radius 1 is 1.24 bits per heavy atom.